The quantitative estimate of drug-likeness (QED) is 0.202. The number of likely N-dealkylation sites (tertiary alicyclic amines) is 1. The molecule has 2 aliphatic carbocycles. The number of hydrogen-bond acceptors (Lipinski definition) is 9. The monoisotopic (exact) mass is 693 g/mol. The first kappa shape index (κ1) is 34.3. The Morgan fingerprint density at radius 1 is 1.07 bits per heavy atom. The second-order valence-electron chi connectivity index (χ2n) is 12.3. The van der Waals surface area contributed by atoms with Gasteiger partial charge in [0, 0.05) is 18.5 Å². The van der Waals surface area contributed by atoms with Gasteiger partial charge in [-0.1, -0.05) is 30.3 Å². The molecule has 1 aromatic carbocycles. The van der Waals surface area contributed by atoms with Crippen molar-refractivity contribution in [2.24, 2.45) is 16.1 Å². The van der Waals surface area contributed by atoms with Gasteiger partial charge in [-0.25, -0.2) is 4.68 Å². The number of piperidine rings is 1. The number of carbonyl (C=O) groups is 2. The van der Waals surface area contributed by atoms with Gasteiger partial charge in [0.05, 0.1) is 40.0 Å². The summed E-state index contributed by atoms with van der Waals surface area (Å²) in [6, 6.07) is 9.87. The SMILES string of the molecule is CC(=O)NC1CC(N2CCC(C(=O)O)CC2)CCC1N=Nc1c(C#N)c(-c2ccccc2)nn1C1C(Cl)CC(S(=O)(=O)O)CC1Cl. The highest BCUT2D eigenvalue weighted by Gasteiger charge is 2.44. The number of carboxylic acid groups (broad SMARTS) is 1. The van der Waals surface area contributed by atoms with Gasteiger partial charge in [0.1, 0.15) is 17.3 Å². The van der Waals surface area contributed by atoms with Crippen LogP contribution in [0.3, 0.4) is 0 Å². The summed E-state index contributed by atoms with van der Waals surface area (Å²) in [7, 11) is -4.38. The molecule has 16 heteroatoms. The molecule has 2 saturated carbocycles. The van der Waals surface area contributed by atoms with Crippen LogP contribution in [0.15, 0.2) is 40.6 Å². The Morgan fingerprint density at radius 3 is 2.28 bits per heavy atom. The standard InChI is InChI=1S/C30H37Cl2N7O6S/c1-17(40)34-26-13-20(38-11-9-19(10-12-38)30(41)42)7-8-25(26)35-36-29-22(16-33)27(18-5-3-2-4-6-18)37-39(29)28-23(31)14-21(15-24(28)32)46(43,44)45/h2-6,19-21,23-26,28H,7-15H2,1H3,(H,34,40)(H,41,42)(H,43,44,45). The third kappa shape index (κ3) is 7.55. The van der Waals surface area contributed by atoms with Gasteiger partial charge in [-0.3, -0.25) is 14.1 Å². The molecule has 2 aromatic rings. The van der Waals surface area contributed by atoms with Crippen molar-refractivity contribution in [2.75, 3.05) is 13.1 Å². The highest BCUT2D eigenvalue weighted by molar-refractivity contribution is 7.86. The van der Waals surface area contributed by atoms with Gasteiger partial charge < -0.3 is 15.3 Å². The summed E-state index contributed by atoms with van der Waals surface area (Å²) in [6.45, 7) is 2.79. The summed E-state index contributed by atoms with van der Waals surface area (Å²) in [5, 5.41) is 33.8. The maximum atomic E-state index is 12.2. The number of carbonyl (C=O) groups excluding carboxylic acids is 1. The predicted molar refractivity (Wildman–Crippen MR) is 171 cm³/mol. The lowest BCUT2D eigenvalue weighted by Gasteiger charge is -2.42. The van der Waals surface area contributed by atoms with Crippen LogP contribution in [0.25, 0.3) is 11.3 Å². The fourth-order valence-electron chi connectivity index (χ4n) is 6.94. The lowest BCUT2D eigenvalue weighted by Crippen LogP contribution is -2.52. The Morgan fingerprint density at radius 2 is 1.72 bits per heavy atom. The van der Waals surface area contributed by atoms with Gasteiger partial charge >= 0.3 is 5.97 Å². The maximum absolute atomic E-state index is 12.2. The Labute approximate surface area is 277 Å². The van der Waals surface area contributed by atoms with E-state index in [1.54, 1.807) is 12.1 Å². The topological polar surface area (TPSA) is 190 Å². The zero-order valence-electron chi connectivity index (χ0n) is 25.2. The van der Waals surface area contributed by atoms with Gasteiger partial charge in [-0.2, -0.15) is 23.9 Å². The molecule has 3 fully saturated rings. The van der Waals surface area contributed by atoms with E-state index in [1.807, 2.05) is 18.2 Å². The normalized spacial score (nSPS) is 29.8. The van der Waals surface area contributed by atoms with Crippen molar-refractivity contribution in [3.05, 3.63) is 35.9 Å². The molecule has 2 heterocycles. The van der Waals surface area contributed by atoms with Crippen LogP contribution < -0.4 is 5.32 Å². The molecule has 0 spiro atoms. The number of nitriles is 1. The Balaban J connectivity index is 1.46. The summed E-state index contributed by atoms with van der Waals surface area (Å²) in [4.78, 5) is 25.9. The molecule has 248 valence electrons. The summed E-state index contributed by atoms with van der Waals surface area (Å²) in [5.41, 5.74) is 1.14. The minimum Gasteiger partial charge on any atom is -0.481 e. The van der Waals surface area contributed by atoms with Gasteiger partial charge in [0.15, 0.2) is 5.82 Å². The predicted octanol–water partition coefficient (Wildman–Crippen LogP) is 4.53. The number of nitrogens with zero attached hydrogens (tertiary/aromatic N) is 6. The van der Waals surface area contributed by atoms with Crippen LogP contribution in [-0.2, 0) is 19.7 Å². The van der Waals surface area contributed by atoms with Gasteiger partial charge in [0.25, 0.3) is 10.1 Å². The van der Waals surface area contributed by atoms with E-state index >= 15 is 0 Å². The highest BCUT2D eigenvalue weighted by atomic mass is 35.5. The number of benzene rings is 1. The lowest BCUT2D eigenvalue weighted by atomic mass is 9.84. The molecular weight excluding hydrogens is 657 g/mol. The van der Waals surface area contributed by atoms with Crippen LogP contribution in [0.2, 0.25) is 0 Å². The average molecular weight is 695 g/mol. The molecule has 1 aromatic heterocycles. The molecule has 5 atom stereocenters. The van der Waals surface area contributed by atoms with Crippen LogP contribution in [0.1, 0.15) is 63.5 Å². The van der Waals surface area contributed by atoms with Crippen molar-refractivity contribution in [2.45, 2.75) is 92.0 Å². The van der Waals surface area contributed by atoms with E-state index < -0.39 is 44.2 Å². The van der Waals surface area contributed by atoms with Gasteiger partial charge in [0.2, 0.25) is 5.91 Å². The van der Waals surface area contributed by atoms with Crippen LogP contribution in [-0.4, -0.2) is 91.9 Å². The Bertz CT molecular complexity index is 1590. The summed E-state index contributed by atoms with van der Waals surface area (Å²) >= 11 is 13.4. The van der Waals surface area contributed by atoms with Crippen molar-refractivity contribution in [1.82, 2.24) is 20.0 Å². The molecule has 5 rings (SSSR count). The lowest BCUT2D eigenvalue weighted by molar-refractivity contribution is -0.143. The zero-order chi connectivity index (χ0) is 33.2. The summed E-state index contributed by atoms with van der Waals surface area (Å²) < 4.78 is 34.9. The molecule has 1 aliphatic heterocycles. The fourth-order valence-corrected chi connectivity index (χ4v) is 9.12. The summed E-state index contributed by atoms with van der Waals surface area (Å²) in [6.07, 6.45) is 2.98. The molecular formula is C30H37Cl2N7O6S. The third-order valence-corrected chi connectivity index (χ3v) is 11.4. The third-order valence-electron chi connectivity index (χ3n) is 9.34. The van der Waals surface area contributed by atoms with E-state index in [9.17, 15) is 32.9 Å². The number of alkyl halides is 2. The number of rotatable bonds is 8. The van der Waals surface area contributed by atoms with Crippen molar-refractivity contribution >= 4 is 51.0 Å². The number of azo groups is 1. The van der Waals surface area contributed by atoms with E-state index in [4.69, 9.17) is 28.3 Å². The first-order chi connectivity index (χ1) is 21.9. The van der Waals surface area contributed by atoms with E-state index in [1.165, 1.54) is 11.6 Å². The van der Waals surface area contributed by atoms with Crippen molar-refractivity contribution < 1.29 is 27.7 Å². The first-order valence-corrected chi connectivity index (χ1v) is 17.7. The molecule has 0 radical (unpaired) electrons. The van der Waals surface area contributed by atoms with Crippen LogP contribution >= 0.6 is 23.2 Å². The summed E-state index contributed by atoms with van der Waals surface area (Å²) in [5.74, 6) is -1.20. The minimum absolute atomic E-state index is 0.0778. The molecule has 3 aliphatic rings. The zero-order valence-corrected chi connectivity index (χ0v) is 27.6. The van der Waals surface area contributed by atoms with Gasteiger partial charge in [-0.15, -0.1) is 28.3 Å². The molecule has 13 nitrogen and oxygen atoms in total. The largest absolute Gasteiger partial charge is 0.481 e. The van der Waals surface area contributed by atoms with Crippen molar-refractivity contribution in [3.8, 4) is 17.3 Å². The minimum atomic E-state index is -4.38. The highest BCUT2D eigenvalue weighted by Crippen LogP contribution is 2.43. The van der Waals surface area contributed by atoms with Crippen LogP contribution in [0.5, 0.6) is 0 Å². The van der Waals surface area contributed by atoms with Crippen molar-refractivity contribution in [3.63, 3.8) is 0 Å². The van der Waals surface area contributed by atoms with E-state index in [-0.39, 0.29) is 48.1 Å². The number of hydrogen-bond donors (Lipinski definition) is 3. The first-order valence-electron chi connectivity index (χ1n) is 15.3. The van der Waals surface area contributed by atoms with E-state index in [2.05, 4.69) is 26.5 Å². The number of amides is 1. The molecule has 5 unspecified atom stereocenters. The Kier molecular flexibility index (Phi) is 10.7. The number of halogens is 2. The maximum Gasteiger partial charge on any atom is 0.306 e. The number of aromatic nitrogens is 2. The van der Waals surface area contributed by atoms with Crippen LogP contribution in [0, 0.1) is 17.2 Å². The van der Waals surface area contributed by atoms with E-state index in [0.29, 0.717) is 50.0 Å². The second-order valence-corrected chi connectivity index (χ2v) is 15.1. The molecule has 3 N–H and O–H groups in total. The second kappa shape index (κ2) is 14.4. The van der Waals surface area contributed by atoms with Crippen molar-refractivity contribution in [1.29, 1.82) is 5.26 Å². The Hall–Kier alpha value is -3.09. The number of aliphatic carboxylic acids is 1. The smallest absolute Gasteiger partial charge is 0.306 e. The molecule has 0 bridgehead atoms. The number of carboxylic acids is 1. The van der Waals surface area contributed by atoms with Gasteiger partial charge in [-0.05, 0) is 58.0 Å². The number of nitrogens with one attached hydrogen (secondary N) is 1. The fraction of sp³-hybridized carbons (Fsp3) is 0.600. The van der Waals surface area contributed by atoms with E-state index in [0.717, 1.165) is 6.42 Å². The molecule has 1 saturated heterocycles. The van der Waals surface area contributed by atoms with Crippen LogP contribution in [0.4, 0.5) is 5.82 Å². The molecule has 1 amide bonds. The average Bonchev–Trinajstić information content (AvgIpc) is 3.37. The molecule has 46 heavy (non-hydrogen) atoms.